The van der Waals surface area contributed by atoms with Gasteiger partial charge in [-0.15, -0.1) is 11.8 Å². The Hall–Kier alpha value is -1.23. The third kappa shape index (κ3) is 3.43. The molecule has 15 heavy (non-hydrogen) atoms. The van der Waals surface area contributed by atoms with Gasteiger partial charge in [0.15, 0.2) is 0 Å². The molecule has 0 saturated heterocycles. The third-order valence-corrected chi connectivity index (χ3v) is 3.14. The molecule has 1 aromatic rings. The minimum atomic E-state index is 0.110. The lowest BCUT2D eigenvalue weighted by molar-refractivity contribution is -0.126. The first-order chi connectivity index (χ1) is 7.15. The Morgan fingerprint density at radius 1 is 1.67 bits per heavy atom. The van der Waals surface area contributed by atoms with Crippen LogP contribution in [-0.4, -0.2) is 35.1 Å². The van der Waals surface area contributed by atoms with E-state index < -0.39 is 0 Å². The fraction of sp³-hybridized carbons (Fsp3) is 0.400. The smallest absolute Gasteiger partial charge is 0.232 e. The summed E-state index contributed by atoms with van der Waals surface area (Å²) >= 11 is 1.44. The molecule has 0 aliphatic carbocycles. The Kier molecular flexibility index (Phi) is 4.42. The molecule has 5 heteroatoms. The summed E-state index contributed by atoms with van der Waals surface area (Å²) in [4.78, 5) is 18.0. The molecule has 0 aliphatic heterocycles. The van der Waals surface area contributed by atoms with Gasteiger partial charge in [-0.1, -0.05) is 0 Å². The molecule has 2 N–H and O–H groups in total. The topological polar surface area (TPSA) is 59.2 Å². The molecule has 0 saturated carbocycles. The van der Waals surface area contributed by atoms with Gasteiger partial charge >= 0.3 is 0 Å². The van der Waals surface area contributed by atoms with Crippen molar-refractivity contribution in [2.24, 2.45) is 0 Å². The highest BCUT2D eigenvalue weighted by molar-refractivity contribution is 8.00. The summed E-state index contributed by atoms with van der Waals surface area (Å²) in [6.07, 6.45) is 3.27. The van der Waals surface area contributed by atoms with Crippen molar-refractivity contribution in [3.63, 3.8) is 0 Å². The fourth-order valence-corrected chi connectivity index (χ4v) is 1.83. The van der Waals surface area contributed by atoms with E-state index in [1.54, 1.807) is 24.3 Å². The average Bonchev–Trinajstić information content (AvgIpc) is 2.26. The molecule has 1 amide bonds. The number of carbonyl (C=O) groups is 1. The molecule has 0 bridgehead atoms. The number of rotatable bonds is 4. The van der Waals surface area contributed by atoms with Gasteiger partial charge in [0, 0.05) is 24.7 Å². The molecule has 0 aliphatic rings. The summed E-state index contributed by atoms with van der Waals surface area (Å²) < 4.78 is 0. The first kappa shape index (κ1) is 11.8. The Morgan fingerprint density at radius 3 is 3.00 bits per heavy atom. The number of nitrogens with zero attached hydrogens (tertiary/aromatic N) is 2. The molecule has 0 fully saturated rings. The fourth-order valence-electron chi connectivity index (χ4n) is 0.951. The van der Waals surface area contributed by atoms with Crippen molar-refractivity contribution in [2.45, 2.75) is 11.8 Å². The molecule has 0 atom stereocenters. The van der Waals surface area contributed by atoms with E-state index in [-0.39, 0.29) is 5.91 Å². The number of pyridine rings is 1. The molecule has 4 nitrogen and oxygen atoms in total. The van der Waals surface area contributed by atoms with Gasteiger partial charge in [0.25, 0.3) is 0 Å². The second-order valence-electron chi connectivity index (χ2n) is 3.11. The van der Waals surface area contributed by atoms with Crippen molar-refractivity contribution in [3.8, 4) is 0 Å². The first-order valence-corrected chi connectivity index (χ1v) is 5.70. The van der Waals surface area contributed by atoms with E-state index in [0.29, 0.717) is 11.4 Å². The number of aromatic nitrogens is 1. The summed E-state index contributed by atoms with van der Waals surface area (Å²) in [5.41, 5.74) is 6.33. The normalized spacial score (nSPS) is 10.0. The molecule has 0 spiro atoms. The summed E-state index contributed by atoms with van der Waals surface area (Å²) in [7, 11) is 1.79. The standard InChI is InChI=1S/C10H15N3OS/c1-3-13(2)10(14)7-15-9-4-5-12-6-8(9)11/h4-6H,3,7,11H2,1-2H3. The second-order valence-corrected chi connectivity index (χ2v) is 4.13. The van der Waals surface area contributed by atoms with Crippen molar-refractivity contribution in [1.29, 1.82) is 0 Å². The Balaban J connectivity index is 2.51. The summed E-state index contributed by atoms with van der Waals surface area (Å²) in [5.74, 6) is 0.525. The van der Waals surface area contributed by atoms with Crippen LogP contribution in [0.5, 0.6) is 0 Å². The van der Waals surface area contributed by atoms with Crippen LogP contribution in [0.2, 0.25) is 0 Å². The van der Waals surface area contributed by atoms with E-state index in [4.69, 9.17) is 5.73 Å². The zero-order valence-corrected chi connectivity index (χ0v) is 9.75. The van der Waals surface area contributed by atoms with Crippen LogP contribution in [0.1, 0.15) is 6.92 Å². The first-order valence-electron chi connectivity index (χ1n) is 4.71. The molecule has 0 unspecified atom stereocenters. The van der Waals surface area contributed by atoms with Crippen molar-refractivity contribution < 1.29 is 4.79 Å². The molecule has 1 aromatic heterocycles. The summed E-state index contributed by atoms with van der Waals surface area (Å²) in [6, 6.07) is 1.82. The molecule has 1 heterocycles. The Labute approximate surface area is 93.9 Å². The zero-order chi connectivity index (χ0) is 11.3. The molecule has 82 valence electrons. The van der Waals surface area contributed by atoms with Crippen LogP contribution in [0.3, 0.4) is 0 Å². The molecule has 0 radical (unpaired) electrons. The van der Waals surface area contributed by atoms with Crippen LogP contribution in [0, 0.1) is 0 Å². The molecule has 1 rings (SSSR count). The lowest BCUT2D eigenvalue weighted by Crippen LogP contribution is -2.27. The maximum Gasteiger partial charge on any atom is 0.232 e. The maximum absolute atomic E-state index is 11.5. The lowest BCUT2D eigenvalue weighted by Gasteiger charge is -2.14. The number of anilines is 1. The number of thioether (sulfide) groups is 1. The predicted octanol–water partition coefficient (Wildman–Crippen LogP) is 1.23. The van der Waals surface area contributed by atoms with Gasteiger partial charge in [0.05, 0.1) is 17.6 Å². The van der Waals surface area contributed by atoms with Gasteiger partial charge in [0.2, 0.25) is 5.91 Å². The van der Waals surface area contributed by atoms with E-state index in [0.717, 1.165) is 11.4 Å². The van der Waals surface area contributed by atoms with E-state index in [9.17, 15) is 4.79 Å². The third-order valence-electron chi connectivity index (χ3n) is 2.06. The number of carbonyl (C=O) groups excluding carboxylic acids is 1. The zero-order valence-electron chi connectivity index (χ0n) is 8.93. The van der Waals surface area contributed by atoms with Gasteiger partial charge in [0.1, 0.15) is 0 Å². The van der Waals surface area contributed by atoms with Gasteiger partial charge in [-0.3, -0.25) is 9.78 Å². The minimum Gasteiger partial charge on any atom is -0.397 e. The summed E-state index contributed by atoms with van der Waals surface area (Å²) in [5, 5.41) is 0. The van der Waals surface area contributed by atoms with Gasteiger partial charge in [-0.25, -0.2) is 0 Å². The van der Waals surface area contributed by atoms with Crippen molar-refractivity contribution in [1.82, 2.24) is 9.88 Å². The number of hydrogen-bond donors (Lipinski definition) is 1. The highest BCUT2D eigenvalue weighted by atomic mass is 32.2. The molecular formula is C10H15N3OS. The second kappa shape index (κ2) is 5.60. The minimum absolute atomic E-state index is 0.110. The van der Waals surface area contributed by atoms with Gasteiger partial charge in [-0.05, 0) is 13.0 Å². The van der Waals surface area contributed by atoms with E-state index in [2.05, 4.69) is 4.98 Å². The van der Waals surface area contributed by atoms with E-state index in [1.165, 1.54) is 11.8 Å². The van der Waals surface area contributed by atoms with Crippen molar-refractivity contribution in [2.75, 3.05) is 25.1 Å². The van der Waals surface area contributed by atoms with Crippen LogP contribution in [0.15, 0.2) is 23.4 Å². The Bertz CT molecular complexity index is 343. The Morgan fingerprint density at radius 2 is 2.40 bits per heavy atom. The maximum atomic E-state index is 11.5. The van der Waals surface area contributed by atoms with Crippen LogP contribution in [0.4, 0.5) is 5.69 Å². The van der Waals surface area contributed by atoms with E-state index >= 15 is 0 Å². The van der Waals surface area contributed by atoms with Crippen LogP contribution in [-0.2, 0) is 4.79 Å². The number of nitrogens with two attached hydrogens (primary N) is 1. The van der Waals surface area contributed by atoms with Gasteiger partial charge < -0.3 is 10.6 Å². The molecule has 0 aromatic carbocycles. The average molecular weight is 225 g/mol. The van der Waals surface area contributed by atoms with Crippen LogP contribution in [0.25, 0.3) is 0 Å². The van der Waals surface area contributed by atoms with Crippen molar-refractivity contribution >= 4 is 23.4 Å². The van der Waals surface area contributed by atoms with Crippen molar-refractivity contribution in [3.05, 3.63) is 18.5 Å². The predicted molar refractivity (Wildman–Crippen MR) is 62.7 cm³/mol. The number of amides is 1. The highest BCUT2D eigenvalue weighted by Crippen LogP contribution is 2.23. The quantitative estimate of drug-likeness (QED) is 0.783. The number of nitrogen functional groups attached to an aromatic ring is 1. The van der Waals surface area contributed by atoms with E-state index in [1.807, 2.05) is 13.0 Å². The number of hydrogen-bond acceptors (Lipinski definition) is 4. The highest BCUT2D eigenvalue weighted by Gasteiger charge is 2.08. The summed E-state index contributed by atoms with van der Waals surface area (Å²) in [6.45, 7) is 2.68. The lowest BCUT2D eigenvalue weighted by atomic mass is 10.4. The monoisotopic (exact) mass is 225 g/mol. The van der Waals surface area contributed by atoms with Crippen LogP contribution < -0.4 is 5.73 Å². The van der Waals surface area contributed by atoms with Crippen LogP contribution >= 0.6 is 11.8 Å². The van der Waals surface area contributed by atoms with Gasteiger partial charge in [-0.2, -0.15) is 0 Å². The largest absolute Gasteiger partial charge is 0.397 e. The molecular weight excluding hydrogens is 210 g/mol. The SMILES string of the molecule is CCN(C)C(=O)CSc1ccncc1N.